The van der Waals surface area contributed by atoms with Crippen LogP contribution >= 0.6 is 0 Å². The van der Waals surface area contributed by atoms with Crippen LogP contribution in [0.1, 0.15) is 56.4 Å². The number of rotatable bonds is 2. The summed E-state index contributed by atoms with van der Waals surface area (Å²) in [4.78, 5) is 0. The van der Waals surface area contributed by atoms with E-state index in [0.29, 0.717) is 0 Å². The molecule has 3 rings (SSSR count). The van der Waals surface area contributed by atoms with Crippen molar-refractivity contribution in [3.8, 4) is 0 Å². The fourth-order valence-corrected chi connectivity index (χ4v) is 4.83. The minimum atomic E-state index is -0.413. The fraction of sp³-hybridized carbons (Fsp3) is 0.429. The molecule has 0 nitrogen and oxygen atoms in total. The molecule has 2 aliphatic rings. The van der Waals surface area contributed by atoms with Crippen LogP contribution in [0.15, 0.2) is 35.1 Å². The molecule has 0 heterocycles. The Bertz CT molecular complexity index is 706. The van der Waals surface area contributed by atoms with Gasteiger partial charge in [-0.05, 0) is 53.0 Å². The SMILES string of the molecule is CC1=Cc2c(cc(C(C)(C)C)cc2C2=CCC=C2[Si](C)C)C1. The van der Waals surface area contributed by atoms with E-state index in [0.717, 1.165) is 12.8 Å². The van der Waals surface area contributed by atoms with Crippen molar-refractivity contribution in [3.05, 3.63) is 57.3 Å². The minimum Gasteiger partial charge on any atom is -0.0811 e. The molecule has 0 fully saturated rings. The van der Waals surface area contributed by atoms with Gasteiger partial charge in [0.1, 0.15) is 0 Å². The third-order valence-corrected chi connectivity index (χ3v) is 6.31. The quantitative estimate of drug-likeness (QED) is 0.592. The molecule has 2 aliphatic carbocycles. The molecular weight excluding hydrogens is 280 g/mol. The third kappa shape index (κ3) is 2.67. The van der Waals surface area contributed by atoms with Gasteiger partial charge in [0.25, 0.3) is 0 Å². The molecule has 0 amide bonds. The molecule has 0 bridgehead atoms. The fourth-order valence-electron chi connectivity index (χ4n) is 3.53. The molecule has 0 saturated carbocycles. The average molecular weight is 308 g/mol. The Morgan fingerprint density at radius 3 is 2.41 bits per heavy atom. The minimum absolute atomic E-state index is 0.204. The van der Waals surface area contributed by atoms with Gasteiger partial charge in [-0.3, -0.25) is 0 Å². The summed E-state index contributed by atoms with van der Waals surface area (Å²) in [5.74, 6) is 0. The highest BCUT2D eigenvalue weighted by Crippen LogP contribution is 2.40. The van der Waals surface area contributed by atoms with Crippen molar-refractivity contribution in [2.75, 3.05) is 0 Å². The molecule has 0 unspecified atom stereocenters. The van der Waals surface area contributed by atoms with Gasteiger partial charge in [-0.15, -0.1) is 0 Å². The molecule has 1 radical (unpaired) electrons. The van der Waals surface area contributed by atoms with Gasteiger partial charge in [0.15, 0.2) is 0 Å². The van der Waals surface area contributed by atoms with E-state index in [2.05, 4.69) is 71.1 Å². The van der Waals surface area contributed by atoms with Gasteiger partial charge in [-0.25, -0.2) is 0 Å². The van der Waals surface area contributed by atoms with Crippen molar-refractivity contribution >= 4 is 20.4 Å². The predicted octanol–water partition coefficient (Wildman–Crippen LogP) is 5.95. The standard InChI is InChI=1S/C21H27Si/c1-14-10-15-12-16(21(2,3)4)13-19(18(15)11-14)17-8-7-9-20(17)22(5)6/h8-9,11-13H,7,10H2,1-6H3. The topological polar surface area (TPSA) is 0 Å². The largest absolute Gasteiger partial charge is 0.0811 e. The average Bonchev–Trinajstić information content (AvgIpc) is 3.00. The van der Waals surface area contributed by atoms with Crippen molar-refractivity contribution in [2.24, 2.45) is 0 Å². The van der Waals surface area contributed by atoms with Crippen LogP contribution in [0.3, 0.4) is 0 Å². The molecule has 1 aromatic rings. The Balaban J connectivity index is 2.19. The molecule has 0 spiro atoms. The zero-order valence-corrected chi connectivity index (χ0v) is 15.8. The van der Waals surface area contributed by atoms with Gasteiger partial charge in [0.2, 0.25) is 0 Å². The van der Waals surface area contributed by atoms with Gasteiger partial charge < -0.3 is 0 Å². The van der Waals surface area contributed by atoms with Crippen molar-refractivity contribution in [3.63, 3.8) is 0 Å². The van der Waals surface area contributed by atoms with E-state index in [9.17, 15) is 0 Å². The number of hydrogen-bond donors (Lipinski definition) is 0. The summed E-state index contributed by atoms with van der Waals surface area (Å²) in [5.41, 5.74) is 9.17. The highest BCUT2D eigenvalue weighted by molar-refractivity contribution is 6.67. The Morgan fingerprint density at radius 2 is 1.77 bits per heavy atom. The first-order valence-corrected chi connectivity index (χ1v) is 10.8. The molecule has 22 heavy (non-hydrogen) atoms. The summed E-state index contributed by atoms with van der Waals surface area (Å²) < 4.78 is 0. The van der Waals surface area contributed by atoms with Crippen LogP contribution in [-0.4, -0.2) is 8.80 Å². The van der Waals surface area contributed by atoms with E-state index in [4.69, 9.17) is 0 Å². The lowest BCUT2D eigenvalue weighted by Crippen LogP contribution is -2.13. The van der Waals surface area contributed by atoms with Crippen molar-refractivity contribution in [1.29, 1.82) is 0 Å². The summed E-state index contributed by atoms with van der Waals surface area (Å²) in [5, 5.41) is 1.62. The molecule has 0 saturated heterocycles. The first-order valence-electron chi connectivity index (χ1n) is 8.33. The summed E-state index contributed by atoms with van der Waals surface area (Å²) in [6.45, 7) is 14.0. The zero-order valence-electron chi connectivity index (χ0n) is 14.8. The highest BCUT2D eigenvalue weighted by Gasteiger charge is 2.25. The van der Waals surface area contributed by atoms with E-state index in [-0.39, 0.29) is 5.41 Å². The van der Waals surface area contributed by atoms with E-state index >= 15 is 0 Å². The number of fused-ring (bicyclic) bond motifs is 1. The molecule has 0 N–H and O–H groups in total. The van der Waals surface area contributed by atoms with Crippen molar-refractivity contribution in [1.82, 2.24) is 0 Å². The maximum Gasteiger partial charge on any atom is 0.0795 e. The second-order valence-corrected chi connectivity index (χ2v) is 10.5. The first kappa shape index (κ1) is 15.5. The van der Waals surface area contributed by atoms with E-state index in [1.807, 2.05) is 0 Å². The second kappa shape index (κ2) is 5.38. The summed E-state index contributed by atoms with van der Waals surface area (Å²) >= 11 is 0. The summed E-state index contributed by atoms with van der Waals surface area (Å²) in [6.07, 6.45) is 9.53. The third-order valence-electron chi connectivity index (χ3n) is 4.75. The van der Waals surface area contributed by atoms with Crippen molar-refractivity contribution < 1.29 is 0 Å². The monoisotopic (exact) mass is 307 g/mol. The Morgan fingerprint density at radius 1 is 1.05 bits per heavy atom. The van der Waals surface area contributed by atoms with Crippen LogP contribution in [0.2, 0.25) is 13.1 Å². The van der Waals surface area contributed by atoms with E-state index in [1.165, 1.54) is 33.4 Å². The Kier molecular flexibility index (Phi) is 3.80. The van der Waals surface area contributed by atoms with Crippen LogP contribution in [0.25, 0.3) is 11.6 Å². The van der Waals surface area contributed by atoms with E-state index in [1.54, 1.807) is 5.20 Å². The molecule has 0 atom stereocenters. The van der Waals surface area contributed by atoms with Gasteiger partial charge in [0.05, 0.1) is 8.80 Å². The normalized spacial score (nSPS) is 17.5. The first-order chi connectivity index (χ1) is 10.3. The van der Waals surface area contributed by atoms with Gasteiger partial charge >= 0.3 is 0 Å². The van der Waals surface area contributed by atoms with Crippen LogP contribution < -0.4 is 0 Å². The van der Waals surface area contributed by atoms with Crippen LogP contribution in [0.4, 0.5) is 0 Å². The highest BCUT2D eigenvalue weighted by atomic mass is 28.3. The van der Waals surface area contributed by atoms with Gasteiger partial charge in [-0.2, -0.15) is 0 Å². The molecule has 0 aliphatic heterocycles. The van der Waals surface area contributed by atoms with E-state index < -0.39 is 8.80 Å². The number of hydrogen-bond acceptors (Lipinski definition) is 0. The molecule has 0 aromatic heterocycles. The molecule has 115 valence electrons. The molecule has 1 aromatic carbocycles. The number of benzene rings is 1. The summed E-state index contributed by atoms with van der Waals surface area (Å²) in [7, 11) is -0.413. The lowest BCUT2D eigenvalue weighted by molar-refractivity contribution is 0.589. The van der Waals surface area contributed by atoms with Gasteiger partial charge in [-0.1, -0.05) is 75.0 Å². The van der Waals surface area contributed by atoms with Gasteiger partial charge in [0, 0.05) is 0 Å². The van der Waals surface area contributed by atoms with Crippen LogP contribution in [0, 0.1) is 0 Å². The maximum atomic E-state index is 2.46. The van der Waals surface area contributed by atoms with Crippen LogP contribution in [0.5, 0.6) is 0 Å². The molecule has 1 heteroatoms. The lowest BCUT2D eigenvalue weighted by Gasteiger charge is -2.23. The maximum absolute atomic E-state index is 2.46. The second-order valence-electron chi connectivity index (χ2n) is 7.99. The summed E-state index contributed by atoms with van der Waals surface area (Å²) in [6, 6.07) is 4.90. The van der Waals surface area contributed by atoms with Crippen LogP contribution in [-0.2, 0) is 11.8 Å². The smallest absolute Gasteiger partial charge is 0.0795 e. The van der Waals surface area contributed by atoms with Crippen molar-refractivity contribution in [2.45, 2.75) is 59.0 Å². The Hall–Kier alpha value is -1.34. The predicted molar refractivity (Wildman–Crippen MR) is 101 cm³/mol. The lowest BCUT2D eigenvalue weighted by atomic mass is 9.82. The Labute approximate surface area is 137 Å². The molecular formula is C21H27Si. The zero-order chi connectivity index (χ0) is 16.1. The number of allylic oxidation sites excluding steroid dienone is 5.